The number of carbonyl (C=O) groups is 1. The second kappa shape index (κ2) is 7.31. The van der Waals surface area contributed by atoms with Gasteiger partial charge in [0.25, 0.3) is 0 Å². The summed E-state index contributed by atoms with van der Waals surface area (Å²) in [6.45, 7) is 7.46. The van der Waals surface area contributed by atoms with Crippen molar-refractivity contribution >= 4 is 17.8 Å². The summed E-state index contributed by atoms with van der Waals surface area (Å²) < 4.78 is 1.42. The van der Waals surface area contributed by atoms with E-state index in [4.69, 9.17) is 0 Å². The molecule has 1 aromatic carbocycles. The molecule has 2 rings (SSSR count). The van der Waals surface area contributed by atoms with E-state index in [0.29, 0.717) is 13.1 Å². The van der Waals surface area contributed by atoms with Crippen LogP contribution in [0.3, 0.4) is 0 Å². The zero-order valence-electron chi connectivity index (χ0n) is 12.7. The van der Waals surface area contributed by atoms with Crippen LogP contribution in [-0.2, 0) is 6.42 Å². The van der Waals surface area contributed by atoms with Crippen LogP contribution in [0.5, 0.6) is 0 Å². The van der Waals surface area contributed by atoms with Crippen molar-refractivity contribution < 1.29 is 4.79 Å². The van der Waals surface area contributed by atoms with Gasteiger partial charge >= 0.3 is 6.03 Å². The molecule has 4 nitrogen and oxygen atoms in total. The fraction of sp³-hybridized carbons (Fsp3) is 0.375. The Morgan fingerprint density at radius 2 is 1.90 bits per heavy atom. The molecule has 1 amide bonds. The van der Waals surface area contributed by atoms with Gasteiger partial charge < -0.3 is 4.90 Å². The summed E-state index contributed by atoms with van der Waals surface area (Å²) in [5.74, 6) is 0. The van der Waals surface area contributed by atoms with Crippen LogP contribution in [-0.4, -0.2) is 33.8 Å². The van der Waals surface area contributed by atoms with Gasteiger partial charge in [-0.1, -0.05) is 36.9 Å². The first-order chi connectivity index (χ1) is 10.2. The number of hydrogen-bond acceptors (Lipinski definition) is 3. The van der Waals surface area contributed by atoms with E-state index in [1.807, 2.05) is 32.0 Å². The fourth-order valence-corrected chi connectivity index (χ4v) is 3.09. The van der Waals surface area contributed by atoms with E-state index in [2.05, 4.69) is 24.2 Å². The Hall–Kier alpha value is -1.75. The van der Waals surface area contributed by atoms with E-state index in [-0.39, 0.29) is 6.03 Å². The first-order valence-corrected chi connectivity index (χ1v) is 8.11. The summed E-state index contributed by atoms with van der Waals surface area (Å²) in [5, 5.41) is 5.23. The molecule has 112 valence electrons. The Balaban J connectivity index is 2.15. The summed E-state index contributed by atoms with van der Waals surface area (Å²) in [7, 11) is 0. The van der Waals surface area contributed by atoms with Crippen LogP contribution in [0, 0.1) is 0 Å². The average molecular weight is 303 g/mol. The normalized spacial score (nSPS) is 10.6. The van der Waals surface area contributed by atoms with E-state index in [0.717, 1.165) is 11.4 Å². The van der Waals surface area contributed by atoms with Crippen LogP contribution in [0.4, 0.5) is 4.79 Å². The first kappa shape index (κ1) is 15.6. The van der Waals surface area contributed by atoms with E-state index in [1.54, 1.807) is 22.9 Å². The summed E-state index contributed by atoms with van der Waals surface area (Å²) in [6, 6.07) is 10.1. The van der Waals surface area contributed by atoms with Gasteiger partial charge in [-0.25, -0.2) is 4.79 Å². The molecule has 0 aliphatic carbocycles. The highest BCUT2D eigenvalue weighted by atomic mass is 32.2. The number of aromatic nitrogens is 2. The maximum atomic E-state index is 12.2. The highest BCUT2D eigenvalue weighted by molar-refractivity contribution is 7.99. The van der Waals surface area contributed by atoms with Crippen molar-refractivity contribution in [2.45, 2.75) is 37.1 Å². The molecule has 0 fully saturated rings. The SMILES string of the molecule is CCc1ccccc1Sc1ccn(C(=O)N(CC)CC)n1. The molecule has 2 aromatic rings. The molecule has 1 heterocycles. The van der Waals surface area contributed by atoms with Crippen molar-refractivity contribution in [3.63, 3.8) is 0 Å². The molecular weight excluding hydrogens is 282 g/mol. The molecular formula is C16H21N3OS. The predicted octanol–water partition coefficient (Wildman–Crippen LogP) is 3.91. The van der Waals surface area contributed by atoms with Gasteiger partial charge in [-0.15, -0.1) is 0 Å². The standard InChI is InChI=1S/C16H21N3OS/c1-4-13-9-7-8-10-14(13)21-15-11-12-19(17-15)16(20)18(5-2)6-3/h7-12H,4-6H2,1-3H3. The number of nitrogens with zero attached hydrogens (tertiary/aromatic N) is 3. The van der Waals surface area contributed by atoms with Crippen LogP contribution in [0.15, 0.2) is 46.5 Å². The number of benzene rings is 1. The highest BCUT2D eigenvalue weighted by Gasteiger charge is 2.14. The smallest absolute Gasteiger partial charge is 0.323 e. The third-order valence-corrected chi connectivity index (χ3v) is 4.41. The van der Waals surface area contributed by atoms with Crippen molar-refractivity contribution in [3.05, 3.63) is 42.1 Å². The Kier molecular flexibility index (Phi) is 5.44. The number of hydrogen-bond donors (Lipinski definition) is 0. The zero-order chi connectivity index (χ0) is 15.2. The summed E-state index contributed by atoms with van der Waals surface area (Å²) in [6.07, 6.45) is 2.72. The van der Waals surface area contributed by atoms with Gasteiger partial charge in [0, 0.05) is 24.2 Å². The average Bonchev–Trinajstić information content (AvgIpc) is 2.97. The molecule has 0 saturated carbocycles. The molecule has 0 spiro atoms. The lowest BCUT2D eigenvalue weighted by Crippen LogP contribution is -2.34. The Morgan fingerprint density at radius 1 is 1.19 bits per heavy atom. The van der Waals surface area contributed by atoms with E-state index in [9.17, 15) is 4.79 Å². The molecule has 0 aliphatic rings. The molecule has 0 atom stereocenters. The second-order valence-electron chi connectivity index (χ2n) is 4.62. The number of rotatable bonds is 5. The maximum absolute atomic E-state index is 12.2. The summed E-state index contributed by atoms with van der Waals surface area (Å²) >= 11 is 1.60. The molecule has 5 heteroatoms. The molecule has 1 aromatic heterocycles. The molecule has 0 aliphatic heterocycles. The zero-order valence-corrected chi connectivity index (χ0v) is 13.6. The van der Waals surface area contributed by atoms with Crippen LogP contribution >= 0.6 is 11.8 Å². The largest absolute Gasteiger partial charge is 0.344 e. The first-order valence-electron chi connectivity index (χ1n) is 7.30. The molecule has 0 radical (unpaired) electrons. The topological polar surface area (TPSA) is 38.1 Å². The number of aryl methyl sites for hydroxylation is 1. The second-order valence-corrected chi connectivity index (χ2v) is 5.68. The summed E-state index contributed by atoms with van der Waals surface area (Å²) in [4.78, 5) is 15.2. The van der Waals surface area contributed by atoms with Gasteiger partial charge in [-0.3, -0.25) is 0 Å². The monoisotopic (exact) mass is 303 g/mol. The lowest BCUT2D eigenvalue weighted by molar-refractivity contribution is 0.201. The summed E-state index contributed by atoms with van der Waals surface area (Å²) in [5.41, 5.74) is 1.30. The third kappa shape index (κ3) is 3.67. The highest BCUT2D eigenvalue weighted by Crippen LogP contribution is 2.29. The number of carbonyl (C=O) groups excluding carboxylic acids is 1. The van der Waals surface area contributed by atoms with Gasteiger partial charge in [0.15, 0.2) is 0 Å². The minimum atomic E-state index is -0.0735. The van der Waals surface area contributed by atoms with E-state index < -0.39 is 0 Å². The van der Waals surface area contributed by atoms with E-state index in [1.165, 1.54) is 15.1 Å². The van der Waals surface area contributed by atoms with Crippen molar-refractivity contribution in [1.82, 2.24) is 14.7 Å². The lowest BCUT2D eigenvalue weighted by atomic mass is 10.2. The van der Waals surface area contributed by atoms with Gasteiger partial charge in [-0.2, -0.15) is 9.78 Å². The molecule has 0 N–H and O–H groups in total. The van der Waals surface area contributed by atoms with Gasteiger partial charge in [0.2, 0.25) is 0 Å². The van der Waals surface area contributed by atoms with Crippen molar-refractivity contribution in [1.29, 1.82) is 0 Å². The maximum Gasteiger partial charge on any atom is 0.344 e. The Bertz CT molecular complexity index is 605. The van der Waals surface area contributed by atoms with Crippen molar-refractivity contribution in [3.8, 4) is 0 Å². The van der Waals surface area contributed by atoms with Crippen LogP contribution < -0.4 is 0 Å². The fourth-order valence-electron chi connectivity index (χ4n) is 2.12. The van der Waals surface area contributed by atoms with Crippen molar-refractivity contribution in [2.75, 3.05) is 13.1 Å². The molecule has 0 saturated heterocycles. The quantitative estimate of drug-likeness (QED) is 0.840. The Labute approximate surface area is 130 Å². The van der Waals surface area contributed by atoms with Crippen LogP contribution in [0.25, 0.3) is 0 Å². The predicted molar refractivity (Wildman–Crippen MR) is 85.9 cm³/mol. The van der Waals surface area contributed by atoms with Crippen LogP contribution in [0.1, 0.15) is 26.3 Å². The molecule has 0 bridgehead atoms. The third-order valence-electron chi connectivity index (χ3n) is 3.36. The van der Waals surface area contributed by atoms with E-state index >= 15 is 0 Å². The lowest BCUT2D eigenvalue weighted by Gasteiger charge is -2.17. The number of amides is 1. The molecule has 0 unspecified atom stereocenters. The minimum absolute atomic E-state index is 0.0735. The Morgan fingerprint density at radius 3 is 2.57 bits per heavy atom. The van der Waals surface area contributed by atoms with Crippen molar-refractivity contribution in [2.24, 2.45) is 0 Å². The van der Waals surface area contributed by atoms with Crippen LogP contribution in [0.2, 0.25) is 0 Å². The van der Waals surface area contributed by atoms with Gasteiger partial charge in [0.05, 0.1) is 0 Å². The van der Waals surface area contributed by atoms with Gasteiger partial charge in [0.1, 0.15) is 5.03 Å². The van der Waals surface area contributed by atoms with Gasteiger partial charge in [-0.05, 0) is 38.0 Å². The molecule has 21 heavy (non-hydrogen) atoms. The minimum Gasteiger partial charge on any atom is -0.323 e.